The zero-order valence-electron chi connectivity index (χ0n) is 13.7. The maximum Gasteiger partial charge on any atom is 0.251 e. The number of aromatic nitrogens is 1. The zero-order chi connectivity index (χ0) is 16.8. The molecule has 120 valence electrons. The molecule has 4 heteroatoms. The molecule has 0 spiro atoms. The lowest BCUT2D eigenvalue weighted by molar-refractivity contribution is 0.414. The lowest BCUT2D eigenvalue weighted by atomic mass is 10.1. The van der Waals surface area contributed by atoms with Crippen LogP contribution in [0.4, 0.5) is 5.69 Å². The van der Waals surface area contributed by atoms with E-state index in [1.165, 1.54) is 0 Å². The Morgan fingerprint density at radius 3 is 2.35 bits per heavy atom. The van der Waals surface area contributed by atoms with Gasteiger partial charge in [-0.05, 0) is 35.9 Å². The van der Waals surface area contributed by atoms with Crippen molar-refractivity contribution in [2.24, 2.45) is 0 Å². The van der Waals surface area contributed by atoms with Gasteiger partial charge < -0.3 is 15.0 Å². The molecule has 0 aliphatic rings. The van der Waals surface area contributed by atoms with Gasteiger partial charge in [0.25, 0.3) is 5.56 Å². The van der Waals surface area contributed by atoms with E-state index >= 15 is 0 Å². The van der Waals surface area contributed by atoms with Gasteiger partial charge in [0.1, 0.15) is 5.75 Å². The molecule has 1 heterocycles. The van der Waals surface area contributed by atoms with Gasteiger partial charge in [0.15, 0.2) is 0 Å². The molecule has 0 unspecified atom stereocenters. The van der Waals surface area contributed by atoms with Gasteiger partial charge in [-0.25, -0.2) is 0 Å². The van der Waals surface area contributed by atoms with Crippen LogP contribution in [0.25, 0.3) is 10.9 Å². The van der Waals surface area contributed by atoms with E-state index < -0.39 is 0 Å². The Labute approximate surface area is 136 Å². The summed E-state index contributed by atoms with van der Waals surface area (Å²) >= 11 is 0. The zero-order valence-corrected chi connectivity index (χ0v) is 13.7. The molecule has 4 nitrogen and oxygen atoms in total. The quantitative estimate of drug-likeness (QED) is 0.751. The fraction of sp³-hybridized carbons (Fsp3) is 0.211. The molecule has 0 amide bonds. The smallest absolute Gasteiger partial charge is 0.251 e. The average molecular weight is 310 g/mol. The van der Waals surface area contributed by atoms with Gasteiger partial charge in [-0.1, -0.05) is 32.0 Å². The van der Waals surface area contributed by atoms with Crippen LogP contribution in [0.2, 0.25) is 0 Å². The highest BCUT2D eigenvalue weighted by molar-refractivity contribution is 5.90. The summed E-state index contributed by atoms with van der Waals surface area (Å²) < 4.78 is 6.87. The molecule has 0 fully saturated rings. The fourth-order valence-electron chi connectivity index (χ4n) is 2.43. The second-order valence-electron chi connectivity index (χ2n) is 4.89. The number of benzene rings is 2. The van der Waals surface area contributed by atoms with E-state index in [9.17, 15) is 4.79 Å². The standard InChI is InChI=1S/C17H16N2O2.C2H6/c1-21-13-7-5-12(6-8-13)11-19-16-4-2-3-15(18)14(16)9-10-17(19)20;1-2/h2-10H,11,18H2,1H3;1-2H3. The number of anilines is 1. The molecule has 3 aromatic rings. The first-order chi connectivity index (χ1) is 11.2. The highest BCUT2D eigenvalue weighted by atomic mass is 16.5. The van der Waals surface area contributed by atoms with E-state index in [0.29, 0.717) is 12.2 Å². The average Bonchev–Trinajstić information content (AvgIpc) is 2.60. The number of ether oxygens (including phenoxy) is 1. The predicted molar refractivity (Wildman–Crippen MR) is 96.1 cm³/mol. The van der Waals surface area contributed by atoms with Gasteiger partial charge in [0.05, 0.1) is 19.2 Å². The minimum Gasteiger partial charge on any atom is -0.497 e. The number of nitrogens with two attached hydrogens (primary N) is 1. The first-order valence-corrected chi connectivity index (χ1v) is 7.70. The van der Waals surface area contributed by atoms with Crippen LogP contribution < -0.4 is 16.0 Å². The Kier molecular flexibility index (Phi) is 5.41. The number of nitrogen functional groups attached to an aromatic ring is 1. The van der Waals surface area contributed by atoms with Gasteiger partial charge in [0, 0.05) is 17.1 Å². The highest BCUT2D eigenvalue weighted by Gasteiger charge is 2.06. The Hall–Kier alpha value is -2.75. The number of fused-ring (bicyclic) bond motifs is 1. The Bertz CT molecular complexity index is 836. The van der Waals surface area contributed by atoms with E-state index in [0.717, 1.165) is 22.2 Å². The molecule has 0 saturated heterocycles. The van der Waals surface area contributed by atoms with E-state index in [2.05, 4.69) is 0 Å². The lowest BCUT2D eigenvalue weighted by Crippen LogP contribution is -2.20. The summed E-state index contributed by atoms with van der Waals surface area (Å²) in [5, 5.41) is 0.894. The van der Waals surface area contributed by atoms with E-state index in [1.54, 1.807) is 23.8 Å². The Morgan fingerprint density at radius 1 is 1.00 bits per heavy atom. The van der Waals surface area contributed by atoms with E-state index in [4.69, 9.17) is 10.5 Å². The third kappa shape index (κ3) is 3.54. The third-order valence-corrected chi connectivity index (χ3v) is 3.57. The van der Waals surface area contributed by atoms with Crippen LogP contribution >= 0.6 is 0 Å². The van der Waals surface area contributed by atoms with Crippen molar-refractivity contribution in [2.45, 2.75) is 20.4 Å². The molecule has 1 aromatic heterocycles. The normalized spacial score (nSPS) is 10.0. The third-order valence-electron chi connectivity index (χ3n) is 3.57. The van der Waals surface area contributed by atoms with Crippen LogP contribution in [-0.2, 0) is 6.54 Å². The molecular formula is C19H22N2O2. The molecule has 23 heavy (non-hydrogen) atoms. The fourth-order valence-corrected chi connectivity index (χ4v) is 2.43. The van der Waals surface area contributed by atoms with Gasteiger partial charge in [-0.15, -0.1) is 0 Å². The molecule has 0 aliphatic carbocycles. The van der Waals surface area contributed by atoms with Crippen molar-refractivity contribution >= 4 is 16.6 Å². The highest BCUT2D eigenvalue weighted by Crippen LogP contribution is 2.20. The van der Waals surface area contributed by atoms with Crippen LogP contribution in [0, 0.1) is 0 Å². The van der Waals surface area contributed by atoms with E-state index in [-0.39, 0.29) is 5.56 Å². The Morgan fingerprint density at radius 2 is 1.70 bits per heavy atom. The SMILES string of the molecule is CC.COc1ccc(Cn2c(=O)ccc3c(N)cccc32)cc1. The minimum absolute atomic E-state index is 0.0380. The molecular weight excluding hydrogens is 288 g/mol. The maximum absolute atomic E-state index is 12.2. The van der Waals surface area contributed by atoms with E-state index in [1.807, 2.05) is 56.3 Å². The van der Waals surface area contributed by atoms with Crippen molar-refractivity contribution in [3.8, 4) is 5.75 Å². The van der Waals surface area contributed by atoms with Crippen LogP contribution in [-0.4, -0.2) is 11.7 Å². The number of nitrogens with zero attached hydrogens (tertiary/aromatic N) is 1. The summed E-state index contributed by atoms with van der Waals surface area (Å²) in [5.41, 5.74) is 8.49. The van der Waals surface area contributed by atoms with Gasteiger partial charge in [0.2, 0.25) is 0 Å². The molecule has 0 bridgehead atoms. The van der Waals surface area contributed by atoms with Crippen LogP contribution in [0.15, 0.2) is 59.4 Å². The summed E-state index contributed by atoms with van der Waals surface area (Å²) in [7, 11) is 1.63. The predicted octanol–water partition coefficient (Wildman–Crippen LogP) is 3.67. The first kappa shape index (κ1) is 16.6. The summed E-state index contributed by atoms with van der Waals surface area (Å²) in [6.45, 7) is 4.50. The van der Waals surface area contributed by atoms with Gasteiger partial charge >= 0.3 is 0 Å². The van der Waals surface area contributed by atoms with Crippen molar-refractivity contribution in [1.29, 1.82) is 0 Å². The molecule has 0 aliphatic heterocycles. The molecule has 2 aromatic carbocycles. The number of hydrogen-bond donors (Lipinski definition) is 1. The molecule has 2 N–H and O–H groups in total. The van der Waals surface area contributed by atoms with Crippen molar-refractivity contribution in [2.75, 3.05) is 12.8 Å². The van der Waals surface area contributed by atoms with Crippen LogP contribution in [0.3, 0.4) is 0 Å². The van der Waals surface area contributed by atoms with Gasteiger partial charge in [-0.2, -0.15) is 0 Å². The monoisotopic (exact) mass is 310 g/mol. The van der Waals surface area contributed by atoms with Crippen LogP contribution in [0.5, 0.6) is 5.75 Å². The lowest BCUT2D eigenvalue weighted by Gasteiger charge is -2.11. The number of rotatable bonds is 3. The minimum atomic E-state index is -0.0380. The Balaban J connectivity index is 0.000000924. The van der Waals surface area contributed by atoms with Crippen molar-refractivity contribution < 1.29 is 4.74 Å². The number of hydrogen-bond acceptors (Lipinski definition) is 3. The van der Waals surface area contributed by atoms with Crippen LogP contribution in [0.1, 0.15) is 19.4 Å². The summed E-state index contributed by atoms with van der Waals surface area (Å²) in [5.74, 6) is 0.799. The van der Waals surface area contributed by atoms with Crippen molar-refractivity contribution in [1.82, 2.24) is 4.57 Å². The van der Waals surface area contributed by atoms with Gasteiger partial charge in [-0.3, -0.25) is 4.79 Å². The molecule has 3 rings (SSSR count). The largest absolute Gasteiger partial charge is 0.497 e. The topological polar surface area (TPSA) is 57.2 Å². The maximum atomic E-state index is 12.2. The first-order valence-electron chi connectivity index (χ1n) is 7.70. The number of methoxy groups -OCH3 is 1. The summed E-state index contributed by atoms with van der Waals surface area (Å²) in [6, 6.07) is 16.6. The molecule has 0 atom stereocenters. The second-order valence-corrected chi connectivity index (χ2v) is 4.89. The van der Waals surface area contributed by atoms with Crippen molar-refractivity contribution in [3.05, 3.63) is 70.5 Å². The summed E-state index contributed by atoms with van der Waals surface area (Å²) in [4.78, 5) is 12.2. The summed E-state index contributed by atoms with van der Waals surface area (Å²) in [6.07, 6.45) is 0. The number of pyridine rings is 1. The second kappa shape index (κ2) is 7.49. The molecule has 0 saturated carbocycles. The molecule has 0 radical (unpaired) electrons. The van der Waals surface area contributed by atoms with Crippen molar-refractivity contribution in [3.63, 3.8) is 0 Å².